The van der Waals surface area contributed by atoms with Gasteiger partial charge in [0.15, 0.2) is 5.84 Å². The van der Waals surface area contributed by atoms with Crippen LogP contribution in [-0.2, 0) is 31.0 Å². The number of hydrogen-bond donors (Lipinski definition) is 3. The van der Waals surface area contributed by atoms with Crippen molar-refractivity contribution in [3.05, 3.63) is 72.1 Å². The van der Waals surface area contributed by atoms with Crippen molar-refractivity contribution >= 4 is 67.2 Å². The number of anilines is 1. The molecule has 2 amide bonds. The molecular formula is C30H35FN5O5PS2. The number of carbonyl (C=O) groups excluding carboxylic acids is 2. The molecule has 3 rings (SSSR count). The highest BCUT2D eigenvalue weighted by atomic mass is 32.2. The molecule has 2 aromatic carbocycles. The fraction of sp³-hybridized carbons (Fsp3) is 0.267. The number of hydrogen-bond acceptors (Lipinski definition) is 8. The van der Waals surface area contributed by atoms with Crippen molar-refractivity contribution in [3.8, 4) is 17.0 Å². The Morgan fingerprint density at radius 1 is 1.32 bits per heavy atom. The van der Waals surface area contributed by atoms with Gasteiger partial charge in [-0.15, -0.1) is 15.8 Å². The lowest BCUT2D eigenvalue weighted by atomic mass is 10.1. The number of carbonyl (C=O) groups is 2. The first-order valence-electron chi connectivity index (χ1n) is 13.6. The average molecular weight is 660 g/mol. The lowest BCUT2D eigenvalue weighted by Crippen LogP contribution is -2.30. The molecule has 0 radical (unpaired) electrons. The fourth-order valence-corrected chi connectivity index (χ4v) is 5.89. The average Bonchev–Trinajstić information content (AvgIpc) is 2.98. The van der Waals surface area contributed by atoms with Gasteiger partial charge in [0.05, 0.1) is 44.8 Å². The molecule has 0 aliphatic carbocycles. The van der Waals surface area contributed by atoms with E-state index >= 15 is 0 Å². The van der Waals surface area contributed by atoms with Crippen LogP contribution in [0.2, 0.25) is 0 Å². The predicted molar refractivity (Wildman–Crippen MR) is 178 cm³/mol. The molecule has 2 atom stereocenters. The minimum absolute atomic E-state index is 0.0556. The number of amides is 2. The number of rotatable bonds is 15. The molecule has 10 nitrogen and oxygen atoms in total. The first-order chi connectivity index (χ1) is 21.1. The van der Waals surface area contributed by atoms with E-state index in [2.05, 4.69) is 31.4 Å². The second kappa shape index (κ2) is 17.0. The third kappa shape index (κ3) is 8.95. The molecule has 0 aliphatic rings. The minimum atomic E-state index is -1.39. The van der Waals surface area contributed by atoms with Crippen molar-refractivity contribution in [3.63, 3.8) is 0 Å². The summed E-state index contributed by atoms with van der Waals surface area (Å²) in [4.78, 5) is 33.3. The number of aromatic hydroxyl groups is 1. The van der Waals surface area contributed by atoms with Crippen molar-refractivity contribution in [2.45, 2.75) is 31.6 Å². The second-order valence-corrected chi connectivity index (χ2v) is 12.1. The van der Waals surface area contributed by atoms with Crippen LogP contribution < -0.4 is 15.9 Å². The van der Waals surface area contributed by atoms with Crippen LogP contribution in [0.3, 0.4) is 0 Å². The number of aromatic nitrogens is 1. The molecule has 3 N–H and O–H groups in total. The van der Waals surface area contributed by atoms with Crippen molar-refractivity contribution in [2.75, 3.05) is 31.3 Å². The Bertz CT molecular complexity index is 1550. The van der Waals surface area contributed by atoms with Gasteiger partial charge in [0, 0.05) is 26.3 Å². The van der Waals surface area contributed by atoms with E-state index in [1.807, 2.05) is 19.1 Å². The number of para-hydroxylation sites is 1. The number of aryl methyl sites for hydroxylation is 1. The SMILES string of the molecule is C=CCCN(SOCCNC=O)C(=Nc1c(CC)cccc1S(C)=O)c1cc(P)c(-c2c(O)cccc2F)nc1NC(C)=O. The van der Waals surface area contributed by atoms with E-state index in [1.165, 1.54) is 25.1 Å². The molecule has 0 fully saturated rings. The number of aliphatic imine (C=N–C) groups is 1. The molecule has 3 aromatic rings. The number of nitrogens with one attached hydrogen (secondary N) is 2. The molecule has 44 heavy (non-hydrogen) atoms. The maximum atomic E-state index is 14.9. The van der Waals surface area contributed by atoms with Crippen molar-refractivity contribution < 1.29 is 27.5 Å². The number of phenolic OH excluding ortho intramolecular Hbond substituents is 1. The van der Waals surface area contributed by atoms with E-state index < -0.39 is 22.5 Å². The summed E-state index contributed by atoms with van der Waals surface area (Å²) in [5, 5.41) is 16.2. The molecular weight excluding hydrogens is 624 g/mol. The van der Waals surface area contributed by atoms with Crippen LogP contribution >= 0.6 is 21.5 Å². The van der Waals surface area contributed by atoms with Crippen LogP contribution in [0.4, 0.5) is 15.9 Å². The second-order valence-electron chi connectivity index (χ2n) is 9.29. The molecule has 0 saturated heterocycles. The van der Waals surface area contributed by atoms with Gasteiger partial charge in [-0.2, -0.15) is 0 Å². The van der Waals surface area contributed by atoms with Crippen molar-refractivity contribution in [1.29, 1.82) is 0 Å². The van der Waals surface area contributed by atoms with Crippen LogP contribution in [-0.4, -0.2) is 62.7 Å². The Kier molecular flexibility index (Phi) is 13.5. The first kappa shape index (κ1) is 34.8. The smallest absolute Gasteiger partial charge is 0.222 e. The van der Waals surface area contributed by atoms with Gasteiger partial charge >= 0.3 is 0 Å². The number of phenols is 1. The summed E-state index contributed by atoms with van der Waals surface area (Å²) in [7, 11) is 1.11. The number of halogens is 1. The van der Waals surface area contributed by atoms with Crippen molar-refractivity contribution in [1.82, 2.24) is 14.6 Å². The summed E-state index contributed by atoms with van der Waals surface area (Å²) in [6.07, 6.45) is 4.99. The van der Waals surface area contributed by atoms with Gasteiger partial charge in [0.25, 0.3) is 0 Å². The predicted octanol–water partition coefficient (Wildman–Crippen LogP) is 4.63. The van der Waals surface area contributed by atoms with E-state index in [-0.39, 0.29) is 36.0 Å². The molecule has 1 heterocycles. The van der Waals surface area contributed by atoms with Gasteiger partial charge in [-0.3, -0.25) is 22.3 Å². The molecule has 0 saturated carbocycles. The standard InChI is InChI=1S/C30H35FN5O5PS2/c1-5-7-15-36(43-41-16-14-32-18-37)30(35-27-20(6-2)10-8-13-25(27)44(4)40)21-17-24(42)28(34-29(21)33-19(3)38)26-22(31)11-9-12-23(26)39/h5,8-13,17-18,39H,1,6-7,14-16,42H2,2-4H3,(H,32,37)(H,33,34,38). The normalized spacial score (nSPS) is 12.0. The van der Waals surface area contributed by atoms with Gasteiger partial charge in [-0.05, 0) is 48.0 Å². The van der Waals surface area contributed by atoms with Gasteiger partial charge in [-0.1, -0.05) is 31.2 Å². The highest BCUT2D eigenvalue weighted by Gasteiger charge is 2.25. The van der Waals surface area contributed by atoms with Gasteiger partial charge in [0.1, 0.15) is 29.6 Å². The quantitative estimate of drug-likeness (QED) is 0.0315. The van der Waals surface area contributed by atoms with Crippen LogP contribution in [0.25, 0.3) is 11.3 Å². The third-order valence-electron chi connectivity index (χ3n) is 6.13. The fourth-order valence-electron chi connectivity index (χ4n) is 4.12. The lowest BCUT2D eigenvalue weighted by molar-refractivity contribution is -0.114. The zero-order valence-electron chi connectivity index (χ0n) is 24.6. The Hall–Kier alpha value is -3.64. The number of nitrogens with zero attached hydrogens (tertiary/aromatic N) is 3. The number of amidine groups is 1. The summed E-state index contributed by atoms with van der Waals surface area (Å²) in [5.41, 5.74) is 1.66. The van der Waals surface area contributed by atoms with Crippen LogP contribution in [0, 0.1) is 5.82 Å². The van der Waals surface area contributed by atoms with E-state index in [4.69, 9.17) is 9.18 Å². The van der Waals surface area contributed by atoms with E-state index in [0.717, 1.165) is 17.8 Å². The van der Waals surface area contributed by atoms with Crippen LogP contribution in [0.5, 0.6) is 5.75 Å². The Morgan fingerprint density at radius 2 is 2.07 bits per heavy atom. The Morgan fingerprint density at radius 3 is 2.70 bits per heavy atom. The lowest BCUT2D eigenvalue weighted by Gasteiger charge is -2.26. The Balaban J connectivity index is 2.36. The molecule has 0 aliphatic heterocycles. The molecule has 0 spiro atoms. The van der Waals surface area contributed by atoms with Crippen molar-refractivity contribution in [2.24, 2.45) is 4.99 Å². The molecule has 14 heteroatoms. The van der Waals surface area contributed by atoms with E-state index in [0.29, 0.717) is 53.1 Å². The molecule has 234 valence electrons. The molecule has 2 unspecified atom stereocenters. The molecule has 1 aromatic heterocycles. The summed E-state index contributed by atoms with van der Waals surface area (Å²) in [6.45, 7) is 7.91. The topological polar surface area (TPSA) is 133 Å². The Labute approximate surface area is 265 Å². The number of benzene rings is 2. The van der Waals surface area contributed by atoms with Crippen LogP contribution in [0.15, 0.2) is 65.0 Å². The minimum Gasteiger partial charge on any atom is -0.507 e. The number of pyridine rings is 1. The van der Waals surface area contributed by atoms with Gasteiger partial charge in [-0.25, -0.2) is 14.4 Å². The van der Waals surface area contributed by atoms with Gasteiger partial charge < -0.3 is 15.7 Å². The largest absolute Gasteiger partial charge is 0.507 e. The first-order valence-corrected chi connectivity index (χ1v) is 16.4. The summed E-state index contributed by atoms with van der Waals surface area (Å²) in [5.74, 6) is -1.09. The summed E-state index contributed by atoms with van der Waals surface area (Å²) < 4.78 is 35.3. The summed E-state index contributed by atoms with van der Waals surface area (Å²) >= 11 is 0.976. The monoisotopic (exact) mass is 659 g/mol. The highest BCUT2D eigenvalue weighted by Crippen LogP contribution is 2.35. The zero-order valence-corrected chi connectivity index (χ0v) is 27.4. The maximum absolute atomic E-state index is 14.9. The van der Waals surface area contributed by atoms with E-state index in [9.17, 15) is 23.3 Å². The zero-order chi connectivity index (χ0) is 32.2. The summed E-state index contributed by atoms with van der Waals surface area (Å²) in [6, 6.07) is 11.1. The highest BCUT2D eigenvalue weighted by molar-refractivity contribution is 7.92. The third-order valence-corrected chi connectivity index (χ3v) is 8.33. The van der Waals surface area contributed by atoms with Gasteiger partial charge in [0.2, 0.25) is 12.3 Å². The maximum Gasteiger partial charge on any atom is 0.222 e. The van der Waals surface area contributed by atoms with Crippen LogP contribution in [0.1, 0.15) is 31.4 Å². The van der Waals surface area contributed by atoms with E-state index in [1.54, 1.807) is 28.8 Å². The molecule has 0 bridgehead atoms.